The summed E-state index contributed by atoms with van der Waals surface area (Å²) in [4.78, 5) is 54.8. The van der Waals surface area contributed by atoms with Crippen LogP contribution in [0.3, 0.4) is 0 Å². The highest BCUT2D eigenvalue weighted by Crippen LogP contribution is 2.36. The SMILES string of the molecule is NC(=O)OC[C@@H]1CCC(=O)N2CCC[C@@H](c3ncc(-c4ccc(-c5cnc6cc(Br)ccc6n5)cc4)[nH]3)N2C1=O. The lowest BCUT2D eigenvalue weighted by Gasteiger charge is -2.43. The third-order valence-corrected chi connectivity index (χ3v) is 7.80. The quantitative estimate of drug-likeness (QED) is 0.344. The summed E-state index contributed by atoms with van der Waals surface area (Å²) < 4.78 is 5.87. The van der Waals surface area contributed by atoms with Gasteiger partial charge in [0.15, 0.2) is 0 Å². The van der Waals surface area contributed by atoms with E-state index in [1.54, 1.807) is 12.4 Å². The molecule has 2 aliphatic heterocycles. The number of imidazole rings is 1. The average molecular weight is 604 g/mol. The number of nitrogens with zero attached hydrogens (tertiary/aromatic N) is 5. The second-order valence-electron chi connectivity index (χ2n) is 9.87. The molecule has 40 heavy (non-hydrogen) atoms. The summed E-state index contributed by atoms with van der Waals surface area (Å²) >= 11 is 3.46. The zero-order valence-electron chi connectivity index (χ0n) is 21.4. The first kappa shape index (κ1) is 25.9. The third-order valence-electron chi connectivity index (χ3n) is 7.31. The first-order chi connectivity index (χ1) is 19.4. The summed E-state index contributed by atoms with van der Waals surface area (Å²) in [6, 6.07) is 13.3. The van der Waals surface area contributed by atoms with Crippen molar-refractivity contribution in [1.82, 2.24) is 30.0 Å². The van der Waals surface area contributed by atoms with Crippen LogP contribution < -0.4 is 5.73 Å². The number of halogens is 1. The Balaban J connectivity index is 1.24. The molecule has 0 saturated carbocycles. The van der Waals surface area contributed by atoms with Gasteiger partial charge in [-0.15, -0.1) is 0 Å². The van der Waals surface area contributed by atoms with Crippen molar-refractivity contribution in [2.24, 2.45) is 11.7 Å². The van der Waals surface area contributed by atoms with Gasteiger partial charge in [-0.3, -0.25) is 19.6 Å². The van der Waals surface area contributed by atoms with E-state index < -0.39 is 18.1 Å². The largest absolute Gasteiger partial charge is 0.449 e. The fourth-order valence-electron chi connectivity index (χ4n) is 5.27. The van der Waals surface area contributed by atoms with Gasteiger partial charge in [0.25, 0.3) is 0 Å². The zero-order valence-corrected chi connectivity index (χ0v) is 23.0. The Morgan fingerprint density at radius 1 is 1.05 bits per heavy atom. The van der Waals surface area contributed by atoms with E-state index >= 15 is 0 Å². The summed E-state index contributed by atoms with van der Waals surface area (Å²) in [7, 11) is 0. The Morgan fingerprint density at radius 2 is 1.85 bits per heavy atom. The van der Waals surface area contributed by atoms with Crippen LogP contribution in [-0.4, -0.2) is 61.0 Å². The Bertz CT molecular complexity index is 1610. The number of nitrogens with two attached hydrogens (primary N) is 1. The van der Waals surface area contributed by atoms with E-state index in [2.05, 4.69) is 30.9 Å². The number of rotatable bonds is 5. The molecule has 6 rings (SSSR count). The van der Waals surface area contributed by atoms with Crippen LogP contribution in [-0.2, 0) is 14.3 Å². The molecule has 2 aliphatic rings. The van der Waals surface area contributed by atoms with Crippen LogP contribution in [0.2, 0.25) is 0 Å². The molecule has 12 heteroatoms. The average Bonchev–Trinajstić information content (AvgIpc) is 3.42. The second-order valence-corrected chi connectivity index (χ2v) is 10.8. The number of primary amides is 1. The summed E-state index contributed by atoms with van der Waals surface area (Å²) in [6.45, 7) is 0.293. The van der Waals surface area contributed by atoms with Gasteiger partial charge in [-0.25, -0.2) is 19.8 Å². The molecule has 2 saturated heterocycles. The predicted molar refractivity (Wildman–Crippen MR) is 149 cm³/mol. The molecular weight excluding hydrogens is 578 g/mol. The van der Waals surface area contributed by atoms with Gasteiger partial charge in [0.05, 0.1) is 40.7 Å². The highest BCUT2D eigenvalue weighted by molar-refractivity contribution is 9.10. The van der Waals surface area contributed by atoms with Crippen molar-refractivity contribution in [3.05, 3.63) is 65.2 Å². The van der Waals surface area contributed by atoms with Gasteiger partial charge in [0.1, 0.15) is 18.5 Å². The molecule has 0 aliphatic carbocycles. The molecule has 2 aromatic heterocycles. The number of H-pyrrole nitrogens is 1. The molecule has 3 amide bonds. The Labute approximate surface area is 237 Å². The number of aromatic amines is 1. The Kier molecular flexibility index (Phi) is 6.93. The minimum Gasteiger partial charge on any atom is -0.449 e. The number of fused-ring (bicyclic) bond motifs is 2. The number of hydrogen-bond acceptors (Lipinski definition) is 7. The highest BCUT2D eigenvalue weighted by Gasteiger charge is 2.43. The first-order valence-corrected chi connectivity index (χ1v) is 13.8. The van der Waals surface area contributed by atoms with Gasteiger partial charge in [-0.05, 0) is 43.0 Å². The van der Waals surface area contributed by atoms with Crippen molar-refractivity contribution in [2.75, 3.05) is 13.2 Å². The lowest BCUT2D eigenvalue weighted by atomic mass is 10.0. The van der Waals surface area contributed by atoms with E-state index in [0.29, 0.717) is 25.2 Å². The third kappa shape index (κ3) is 5.02. The smallest absolute Gasteiger partial charge is 0.404 e. The molecule has 11 nitrogen and oxygen atoms in total. The molecule has 3 N–H and O–H groups in total. The maximum atomic E-state index is 13.5. The van der Waals surface area contributed by atoms with Crippen LogP contribution in [0.1, 0.15) is 37.5 Å². The van der Waals surface area contributed by atoms with Gasteiger partial charge in [0.2, 0.25) is 11.8 Å². The number of nitrogens with one attached hydrogen (secondary N) is 1. The summed E-state index contributed by atoms with van der Waals surface area (Å²) in [6.07, 6.45) is 4.40. The van der Waals surface area contributed by atoms with Gasteiger partial charge in [-0.1, -0.05) is 40.2 Å². The highest BCUT2D eigenvalue weighted by atomic mass is 79.9. The molecule has 2 aromatic carbocycles. The van der Waals surface area contributed by atoms with E-state index in [1.165, 1.54) is 10.0 Å². The van der Waals surface area contributed by atoms with Crippen LogP contribution in [0.5, 0.6) is 0 Å². The Morgan fingerprint density at radius 3 is 2.65 bits per heavy atom. The number of carbonyl (C=O) groups excluding carboxylic acids is 3. The van der Waals surface area contributed by atoms with Crippen LogP contribution >= 0.6 is 15.9 Å². The molecule has 2 fully saturated rings. The molecule has 2 atom stereocenters. The molecule has 0 spiro atoms. The topological polar surface area (TPSA) is 147 Å². The monoisotopic (exact) mass is 603 g/mol. The minimum atomic E-state index is -0.946. The maximum Gasteiger partial charge on any atom is 0.404 e. The summed E-state index contributed by atoms with van der Waals surface area (Å²) in [5.74, 6) is -0.467. The lowest BCUT2D eigenvalue weighted by molar-refractivity contribution is -0.175. The molecule has 0 bridgehead atoms. The standard InChI is InChI=1S/C28H26BrN7O4/c29-19-8-9-20-21(12-19)31-13-22(33-20)16-3-5-17(6-4-16)23-14-32-26(34-23)24-2-1-11-35-25(37)10-7-18(15-40-28(30)39)27(38)36(24)35/h3-6,8-9,12-14,18,24H,1-2,7,10-11,15H2,(H2,30,39)(H,32,34)/t18-,24-/m0/s1. The molecule has 4 aromatic rings. The number of amides is 3. The zero-order chi connectivity index (χ0) is 27.8. The lowest BCUT2D eigenvalue weighted by Crippen LogP contribution is -2.54. The number of hydrazine groups is 1. The van der Waals surface area contributed by atoms with Crippen molar-refractivity contribution < 1.29 is 19.1 Å². The van der Waals surface area contributed by atoms with Crippen molar-refractivity contribution in [3.8, 4) is 22.5 Å². The van der Waals surface area contributed by atoms with Crippen LogP contribution in [0, 0.1) is 5.92 Å². The van der Waals surface area contributed by atoms with Gasteiger partial charge in [-0.2, -0.15) is 0 Å². The summed E-state index contributed by atoms with van der Waals surface area (Å²) in [5.41, 5.74) is 10.2. The van der Waals surface area contributed by atoms with E-state index in [4.69, 9.17) is 15.5 Å². The van der Waals surface area contributed by atoms with Crippen molar-refractivity contribution in [3.63, 3.8) is 0 Å². The molecule has 0 radical (unpaired) electrons. The van der Waals surface area contributed by atoms with Crippen LogP contribution in [0.4, 0.5) is 4.79 Å². The Hall–Kier alpha value is -4.32. The number of benzene rings is 2. The molecule has 4 heterocycles. The van der Waals surface area contributed by atoms with E-state index in [0.717, 1.165) is 44.4 Å². The van der Waals surface area contributed by atoms with E-state index in [1.807, 2.05) is 42.5 Å². The molecule has 204 valence electrons. The number of ether oxygens (including phenoxy) is 1. The number of carbonyl (C=O) groups is 3. The first-order valence-electron chi connectivity index (χ1n) is 13.0. The van der Waals surface area contributed by atoms with Crippen molar-refractivity contribution in [1.29, 1.82) is 0 Å². The minimum absolute atomic E-state index is 0.133. The van der Waals surface area contributed by atoms with E-state index in [9.17, 15) is 14.4 Å². The van der Waals surface area contributed by atoms with Crippen molar-refractivity contribution >= 4 is 44.9 Å². The fourth-order valence-corrected chi connectivity index (χ4v) is 5.62. The number of aromatic nitrogens is 4. The molecule has 0 unspecified atom stereocenters. The van der Waals surface area contributed by atoms with Crippen LogP contribution in [0.25, 0.3) is 33.5 Å². The van der Waals surface area contributed by atoms with Crippen LogP contribution in [0.15, 0.2) is 59.3 Å². The maximum absolute atomic E-state index is 13.5. The predicted octanol–water partition coefficient (Wildman–Crippen LogP) is 4.36. The molecular formula is C28H26BrN7O4. The van der Waals surface area contributed by atoms with Crippen molar-refractivity contribution in [2.45, 2.75) is 31.7 Å². The van der Waals surface area contributed by atoms with Gasteiger partial charge in [0, 0.05) is 23.0 Å². The van der Waals surface area contributed by atoms with Gasteiger partial charge >= 0.3 is 6.09 Å². The van der Waals surface area contributed by atoms with E-state index in [-0.39, 0.29) is 24.8 Å². The number of hydrogen-bond donors (Lipinski definition) is 2. The normalized spacial score (nSPS) is 19.4. The summed E-state index contributed by atoms with van der Waals surface area (Å²) in [5, 5.41) is 3.01. The fraction of sp³-hybridized carbons (Fsp3) is 0.286. The second kappa shape index (κ2) is 10.7. The van der Waals surface area contributed by atoms with Gasteiger partial charge < -0.3 is 15.5 Å².